The summed E-state index contributed by atoms with van der Waals surface area (Å²) in [5.74, 6) is 0.217. The SMILES string of the molecule is O=C(CN1CCN(CC(=O)NC2CCCCCCC2)CC1)NCc1ccccc1. The van der Waals surface area contributed by atoms with Crippen molar-refractivity contribution in [2.75, 3.05) is 39.3 Å². The van der Waals surface area contributed by atoms with Crippen molar-refractivity contribution < 1.29 is 9.59 Å². The molecule has 0 atom stereocenters. The molecule has 0 aromatic heterocycles. The Morgan fingerprint density at radius 3 is 1.97 bits per heavy atom. The van der Waals surface area contributed by atoms with Crippen LogP contribution in [0.5, 0.6) is 0 Å². The van der Waals surface area contributed by atoms with E-state index >= 15 is 0 Å². The first-order valence-corrected chi connectivity index (χ1v) is 11.2. The molecule has 1 heterocycles. The maximum absolute atomic E-state index is 12.4. The highest BCUT2D eigenvalue weighted by molar-refractivity contribution is 5.78. The third-order valence-corrected chi connectivity index (χ3v) is 6.00. The van der Waals surface area contributed by atoms with Crippen molar-refractivity contribution in [2.24, 2.45) is 0 Å². The fourth-order valence-electron chi connectivity index (χ4n) is 4.24. The summed E-state index contributed by atoms with van der Waals surface area (Å²) in [6, 6.07) is 10.3. The molecule has 1 aromatic rings. The second kappa shape index (κ2) is 11.9. The number of hydrogen-bond donors (Lipinski definition) is 2. The van der Waals surface area contributed by atoms with E-state index in [1.807, 2.05) is 30.3 Å². The molecule has 1 aromatic carbocycles. The van der Waals surface area contributed by atoms with Crippen molar-refractivity contribution in [2.45, 2.75) is 57.5 Å². The van der Waals surface area contributed by atoms with Crippen molar-refractivity contribution in [3.05, 3.63) is 35.9 Å². The van der Waals surface area contributed by atoms with Crippen LogP contribution in [0, 0.1) is 0 Å². The zero-order valence-electron chi connectivity index (χ0n) is 17.6. The molecule has 0 bridgehead atoms. The van der Waals surface area contributed by atoms with Crippen LogP contribution in [0.1, 0.15) is 50.5 Å². The highest BCUT2D eigenvalue weighted by Crippen LogP contribution is 2.17. The average Bonchev–Trinajstić information content (AvgIpc) is 2.71. The molecule has 0 spiro atoms. The van der Waals surface area contributed by atoms with Crippen LogP contribution in [0.3, 0.4) is 0 Å². The molecule has 1 aliphatic heterocycles. The minimum atomic E-state index is 0.0596. The number of nitrogens with one attached hydrogen (secondary N) is 2. The van der Waals surface area contributed by atoms with Gasteiger partial charge in [0.1, 0.15) is 0 Å². The molecule has 2 fully saturated rings. The van der Waals surface area contributed by atoms with E-state index in [1.54, 1.807) is 0 Å². The molecule has 0 radical (unpaired) electrons. The largest absolute Gasteiger partial charge is 0.352 e. The van der Waals surface area contributed by atoms with Crippen molar-refractivity contribution in [1.82, 2.24) is 20.4 Å². The summed E-state index contributed by atoms with van der Waals surface area (Å²) in [4.78, 5) is 29.0. The van der Waals surface area contributed by atoms with Gasteiger partial charge >= 0.3 is 0 Å². The molecule has 1 saturated heterocycles. The first-order chi connectivity index (χ1) is 14.2. The number of carbonyl (C=O) groups is 2. The van der Waals surface area contributed by atoms with Gasteiger partial charge in [-0.05, 0) is 18.4 Å². The molecular formula is C23H36N4O2. The van der Waals surface area contributed by atoms with E-state index in [9.17, 15) is 9.59 Å². The Hall–Kier alpha value is -1.92. The lowest BCUT2D eigenvalue weighted by Crippen LogP contribution is -2.52. The van der Waals surface area contributed by atoms with Gasteiger partial charge in [-0.3, -0.25) is 19.4 Å². The molecule has 2 N–H and O–H groups in total. The lowest BCUT2D eigenvalue weighted by atomic mass is 9.97. The first kappa shape index (κ1) is 21.8. The molecule has 0 unspecified atom stereocenters. The van der Waals surface area contributed by atoms with Crippen molar-refractivity contribution in [1.29, 1.82) is 0 Å². The summed E-state index contributed by atoms with van der Waals surface area (Å²) in [6.45, 7) is 4.81. The standard InChI is InChI=1S/C23H36N4O2/c28-22(24-17-20-9-5-4-6-10-20)18-26-13-15-27(16-14-26)19-23(29)25-21-11-7-2-1-3-8-12-21/h4-6,9-10,21H,1-3,7-8,11-19H2,(H,24,28)(H,25,29). The third-order valence-electron chi connectivity index (χ3n) is 6.00. The second-order valence-corrected chi connectivity index (χ2v) is 8.42. The number of piperazine rings is 1. The number of hydrogen-bond acceptors (Lipinski definition) is 4. The Kier molecular flexibility index (Phi) is 8.96. The number of carbonyl (C=O) groups excluding carboxylic acids is 2. The van der Waals surface area contributed by atoms with Gasteiger partial charge in [-0.15, -0.1) is 0 Å². The van der Waals surface area contributed by atoms with Crippen LogP contribution in [-0.4, -0.2) is 66.9 Å². The molecular weight excluding hydrogens is 364 g/mol. The molecule has 6 heteroatoms. The zero-order chi connectivity index (χ0) is 20.3. The van der Waals surface area contributed by atoms with E-state index in [0.29, 0.717) is 25.7 Å². The smallest absolute Gasteiger partial charge is 0.234 e. The maximum Gasteiger partial charge on any atom is 0.234 e. The minimum absolute atomic E-state index is 0.0596. The highest BCUT2D eigenvalue weighted by Gasteiger charge is 2.21. The predicted octanol–water partition coefficient (Wildman–Crippen LogP) is 2.15. The van der Waals surface area contributed by atoms with Gasteiger partial charge < -0.3 is 10.6 Å². The van der Waals surface area contributed by atoms with E-state index in [-0.39, 0.29) is 11.8 Å². The Balaban J connectivity index is 1.30. The van der Waals surface area contributed by atoms with Gasteiger partial charge in [-0.2, -0.15) is 0 Å². The van der Waals surface area contributed by atoms with Crippen LogP contribution in [0.2, 0.25) is 0 Å². The lowest BCUT2D eigenvalue weighted by Gasteiger charge is -2.34. The molecule has 160 valence electrons. The topological polar surface area (TPSA) is 64.7 Å². The average molecular weight is 401 g/mol. The maximum atomic E-state index is 12.4. The number of nitrogens with zero attached hydrogens (tertiary/aromatic N) is 2. The third kappa shape index (κ3) is 8.15. The fraction of sp³-hybridized carbons (Fsp3) is 0.652. The van der Waals surface area contributed by atoms with Crippen molar-refractivity contribution in [3.8, 4) is 0 Å². The summed E-state index contributed by atoms with van der Waals surface area (Å²) in [7, 11) is 0. The molecule has 1 saturated carbocycles. The molecule has 29 heavy (non-hydrogen) atoms. The Morgan fingerprint density at radius 1 is 0.793 bits per heavy atom. The molecule has 2 aliphatic rings. The van der Waals surface area contributed by atoms with Crippen LogP contribution in [0.15, 0.2) is 30.3 Å². The number of benzene rings is 1. The fourth-order valence-corrected chi connectivity index (χ4v) is 4.24. The van der Waals surface area contributed by atoms with Gasteiger partial charge in [0.2, 0.25) is 11.8 Å². The van der Waals surface area contributed by atoms with E-state index < -0.39 is 0 Å². The van der Waals surface area contributed by atoms with E-state index in [4.69, 9.17) is 0 Å². The quantitative estimate of drug-likeness (QED) is 0.736. The van der Waals surface area contributed by atoms with Gasteiger partial charge in [0.05, 0.1) is 13.1 Å². The van der Waals surface area contributed by atoms with Gasteiger partial charge in [0.15, 0.2) is 0 Å². The molecule has 2 amide bonds. The monoisotopic (exact) mass is 400 g/mol. The summed E-state index contributed by atoms with van der Waals surface area (Å²) < 4.78 is 0. The summed E-state index contributed by atoms with van der Waals surface area (Å²) >= 11 is 0. The van der Waals surface area contributed by atoms with Crippen molar-refractivity contribution >= 4 is 11.8 Å². The van der Waals surface area contributed by atoms with Gasteiger partial charge in [-0.1, -0.05) is 62.4 Å². The van der Waals surface area contributed by atoms with Crippen LogP contribution in [0.25, 0.3) is 0 Å². The van der Waals surface area contributed by atoms with Crippen LogP contribution >= 0.6 is 0 Å². The van der Waals surface area contributed by atoms with Gasteiger partial charge in [0, 0.05) is 38.8 Å². The van der Waals surface area contributed by atoms with Gasteiger partial charge in [-0.25, -0.2) is 0 Å². The van der Waals surface area contributed by atoms with E-state index in [2.05, 4.69) is 20.4 Å². The number of amides is 2. The van der Waals surface area contributed by atoms with Gasteiger partial charge in [0.25, 0.3) is 0 Å². The Bertz CT molecular complexity index is 621. The molecule has 3 rings (SSSR count). The molecule has 6 nitrogen and oxygen atoms in total. The van der Waals surface area contributed by atoms with E-state index in [1.165, 1.54) is 32.1 Å². The first-order valence-electron chi connectivity index (χ1n) is 11.2. The number of rotatable bonds is 7. The lowest BCUT2D eigenvalue weighted by molar-refractivity contribution is -0.125. The summed E-state index contributed by atoms with van der Waals surface area (Å²) in [5, 5.41) is 6.24. The van der Waals surface area contributed by atoms with Crippen LogP contribution < -0.4 is 10.6 Å². The predicted molar refractivity (Wildman–Crippen MR) is 115 cm³/mol. The van der Waals surface area contributed by atoms with Crippen LogP contribution in [-0.2, 0) is 16.1 Å². The highest BCUT2D eigenvalue weighted by atomic mass is 16.2. The Labute approximate surface area is 175 Å². The van der Waals surface area contributed by atoms with Crippen molar-refractivity contribution in [3.63, 3.8) is 0 Å². The zero-order valence-corrected chi connectivity index (χ0v) is 17.6. The normalized spacial score (nSPS) is 19.9. The summed E-state index contributed by atoms with van der Waals surface area (Å²) in [5.41, 5.74) is 1.11. The summed E-state index contributed by atoms with van der Waals surface area (Å²) in [6.07, 6.45) is 8.65. The Morgan fingerprint density at radius 2 is 1.34 bits per heavy atom. The molecule has 1 aliphatic carbocycles. The van der Waals surface area contributed by atoms with Crippen LogP contribution in [0.4, 0.5) is 0 Å². The minimum Gasteiger partial charge on any atom is -0.352 e. The second-order valence-electron chi connectivity index (χ2n) is 8.42. The van der Waals surface area contributed by atoms with E-state index in [0.717, 1.165) is 44.6 Å².